The van der Waals surface area contributed by atoms with Crippen molar-refractivity contribution < 1.29 is 9.53 Å². The van der Waals surface area contributed by atoms with Gasteiger partial charge in [0.15, 0.2) is 0 Å². The van der Waals surface area contributed by atoms with Gasteiger partial charge in [-0.2, -0.15) is 12.6 Å². The molecule has 0 saturated heterocycles. The summed E-state index contributed by atoms with van der Waals surface area (Å²) in [6, 6.07) is 0. The van der Waals surface area contributed by atoms with E-state index in [1.807, 2.05) is 6.92 Å². The van der Waals surface area contributed by atoms with Crippen molar-refractivity contribution in [2.75, 3.05) is 25.5 Å². The Hall–Kier alpha value is -0.220. The molecule has 1 amide bonds. The molecule has 3 nitrogen and oxygen atoms in total. The fraction of sp³-hybridized carbons (Fsp3) is 0.909. The second-order valence-electron chi connectivity index (χ2n) is 4.24. The third-order valence-corrected chi connectivity index (χ3v) is 3.49. The van der Waals surface area contributed by atoms with E-state index in [0.717, 1.165) is 44.8 Å². The van der Waals surface area contributed by atoms with Crippen LogP contribution >= 0.6 is 12.6 Å². The molecule has 1 aliphatic carbocycles. The summed E-state index contributed by atoms with van der Waals surface area (Å²) < 4.78 is 5.19. The summed E-state index contributed by atoms with van der Waals surface area (Å²) in [5.41, 5.74) is 0.229. The molecule has 0 spiro atoms. The Kier molecular flexibility index (Phi) is 5.47. The second kappa shape index (κ2) is 6.38. The Labute approximate surface area is 97.4 Å². The van der Waals surface area contributed by atoms with Crippen LogP contribution < -0.4 is 5.32 Å². The molecule has 88 valence electrons. The van der Waals surface area contributed by atoms with Gasteiger partial charge >= 0.3 is 0 Å². The second-order valence-corrected chi connectivity index (χ2v) is 4.55. The molecule has 15 heavy (non-hydrogen) atoms. The lowest BCUT2D eigenvalue weighted by Gasteiger charge is -2.11. The average molecular weight is 231 g/mol. The SMILES string of the molecule is CCOCCCNC(=O)CC1(CS)CC1. The lowest BCUT2D eigenvalue weighted by Crippen LogP contribution is -2.28. The van der Waals surface area contributed by atoms with E-state index in [4.69, 9.17) is 4.74 Å². The molecule has 0 aromatic carbocycles. The van der Waals surface area contributed by atoms with Gasteiger partial charge in [-0.1, -0.05) is 0 Å². The third-order valence-electron chi connectivity index (χ3n) is 2.82. The highest BCUT2D eigenvalue weighted by Crippen LogP contribution is 2.49. The molecule has 0 aliphatic heterocycles. The zero-order valence-corrected chi connectivity index (χ0v) is 10.3. The monoisotopic (exact) mass is 231 g/mol. The minimum Gasteiger partial charge on any atom is -0.382 e. The van der Waals surface area contributed by atoms with Crippen LogP contribution in [0.15, 0.2) is 0 Å². The van der Waals surface area contributed by atoms with Crippen molar-refractivity contribution in [3.05, 3.63) is 0 Å². The molecule has 0 aromatic heterocycles. The van der Waals surface area contributed by atoms with Crippen LogP contribution in [0.3, 0.4) is 0 Å². The Morgan fingerprint density at radius 3 is 2.80 bits per heavy atom. The van der Waals surface area contributed by atoms with Gasteiger partial charge in [-0.05, 0) is 37.4 Å². The Balaban J connectivity index is 1.99. The molecule has 1 rings (SSSR count). The van der Waals surface area contributed by atoms with Gasteiger partial charge in [-0.3, -0.25) is 4.79 Å². The normalized spacial score (nSPS) is 17.5. The average Bonchev–Trinajstić information content (AvgIpc) is 2.98. The van der Waals surface area contributed by atoms with E-state index in [9.17, 15) is 4.79 Å². The number of ether oxygens (including phenoxy) is 1. The van der Waals surface area contributed by atoms with Gasteiger partial charge in [-0.25, -0.2) is 0 Å². The van der Waals surface area contributed by atoms with Gasteiger partial charge in [0.1, 0.15) is 0 Å². The summed E-state index contributed by atoms with van der Waals surface area (Å²) in [5, 5.41) is 2.92. The third kappa shape index (κ3) is 4.89. The van der Waals surface area contributed by atoms with Crippen molar-refractivity contribution in [1.29, 1.82) is 0 Å². The molecule has 0 unspecified atom stereocenters. The van der Waals surface area contributed by atoms with Crippen LogP contribution in [0.4, 0.5) is 0 Å². The maximum atomic E-state index is 11.5. The molecule has 0 heterocycles. The summed E-state index contributed by atoms with van der Waals surface area (Å²) in [6.07, 6.45) is 3.85. The zero-order chi connectivity index (χ0) is 11.1. The molecule has 1 saturated carbocycles. The minimum atomic E-state index is 0.165. The van der Waals surface area contributed by atoms with Crippen molar-refractivity contribution in [1.82, 2.24) is 5.32 Å². The summed E-state index contributed by atoms with van der Waals surface area (Å²) in [7, 11) is 0. The quantitative estimate of drug-likeness (QED) is 0.492. The molecule has 1 fully saturated rings. The van der Waals surface area contributed by atoms with Crippen LogP contribution in [-0.4, -0.2) is 31.4 Å². The highest BCUT2D eigenvalue weighted by molar-refractivity contribution is 7.80. The van der Waals surface area contributed by atoms with Crippen molar-refractivity contribution in [3.63, 3.8) is 0 Å². The Morgan fingerprint density at radius 2 is 2.27 bits per heavy atom. The minimum absolute atomic E-state index is 0.165. The first-order valence-electron chi connectivity index (χ1n) is 5.68. The summed E-state index contributed by atoms with van der Waals surface area (Å²) >= 11 is 4.28. The lowest BCUT2D eigenvalue weighted by atomic mass is 10.1. The Morgan fingerprint density at radius 1 is 1.53 bits per heavy atom. The van der Waals surface area contributed by atoms with Crippen molar-refractivity contribution in [2.45, 2.75) is 32.6 Å². The van der Waals surface area contributed by atoms with Crippen LogP contribution in [0.25, 0.3) is 0 Å². The number of rotatable bonds is 8. The summed E-state index contributed by atoms with van der Waals surface area (Å²) in [5.74, 6) is 0.998. The summed E-state index contributed by atoms with van der Waals surface area (Å²) in [4.78, 5) is 11.5. The number of hydrogen-bond acceptors (Lipinski definition) is 3. The highest BCUT2D eigenvalue weighted by atomic mass is 32.1. The van der Waals surface area contributed by atoms with Gasteiger partial charge in [0.25, 0.3) is 0 Å². The van der Waals surface area contributed by atoms with Crippen LogP contribution in [0, 0.1) is 5.41 Å². The number of carbonyl (C=O) groups is 1. The fourth-order valence-electron chi connectivity index (χ4n) is 1.52. The van der Waals surface area contributed by atoms with E-state index >= 15 is 0 Å². The van der Waals surface area contributed by atoms with Crippen LogP contribution in [0.2, 0.25) is 0 Å². The molecule has 4 heteroatoms. The van der Waals surface area contributed by atoms with E-state index in [-0.39, 0.29) is 11.3 Å². The molecule has 1 aliphatic rings. The Bertz CT molecular complexity index is 205. The number of carbonyl (C=O) groups excluding carboxylic acids is 1. The molecular formula is C11H21NO2S. The van der Waals surface area contributed by atoms with E-state index in [1.165, 1.54) is 0 Å². The van der Waals surface area contributed by atoms with E-state index in [1.54, 1.807) is 0 Å². The van der Waals surface area contributed by atoms with Gasteiger partial charge in [-0.15, -0.1) is 0 Å². The number of amides is 1. The first-order valence-corrected chi connectivity index (χ1v) is 6.31. The molecule has 0 aromatic rings. The molecule has 1 N–H and O–H groups in total. The number of nitrogens with one attached hydrogen (secondary N) is 1. The maximum Gasteiger partial charge on any atom is 0.220 e. The largest absolute Gasteiger partial charge is 0.382 e. The van der Waals surface area contributed by atoms with Gasteiger partial charge in [0.05, 0.1) is 0 Å². The van der Waals surface area contributed by atoms with Crippen molar-refractivity contribution >= 4 is 18.5 Å². The van der Waals surface area contributed by atoms with Crippen molar-refractivity contribution in [2.24, 2.45) is 5.41 Å². The van der Waals surface area contributed by atoms with Gasteiger partial charge in [0.2, 0.25) is 5.91 Å². The van der Waals surface area contributed by atoms with E-state index in [0.29, 0.717) is 6.42 Å². The zero-order valence-electron chi connectivity index (χ0n) is 9.42. The maximum absolute atomic E-state index is 11.5. The van der Waals surface area contributed by atoms with Crippen LogP contribution in [-0.2, 0) is 9.53 Å². The predicted molar refractivity (Wildman–Crippen MR) is 64.3 cm³/mol. The lowest BCUT2D eigenvalue weighted by molar-refractivity contribution is -0.122. The highest BCUT2D eigenvalue weighted by Gasteiger charge is 2.42. The van der Waals surface area contributed by atoms with Crippen molar-refractivity contribution in [3.8, 4) is 0 Å². The molecular weight excluding hydrogens is 210 g/mol. The smallest absolute Gasteiger partial charge is 0.220 e. The predicted octanol–water partition coefficient (Wildman–Crippen LogP) is 1.63. The topological polar surface area (TPSA) is 38.3 Å². The van der Waals surface area contributed by atoms with E-state index < -0.39 is 0 Å². The van der Waals surface area contributed by atoms with Gasteiger partial charge < -0.3 is 10.1 Å². The summed E-state index contributed by atoms with van der Waals surface area (Å²) in [6.45, 7) is 4.18. The van der Waals surface area contributed by atoms with Gasteiger partial charge in [0, 0.05) is 26.2 Å². The first-order chi connectivity index (χ1) is 7.22. The molecule has 0 atom stereocenters. The number of hydrogen-bond donors (Lipinski definition) is 2. The number of thiol groups is 1. The van der Waals surface area contributed by atoms with Crippen LogP contribution in [0.1, 0.15) is 32.6 Å². The standard InChI is InChI=1S/C11H21NO2S/c1-2-14-7-3-6-12-10(13)8-11(9-15)4-5-11/h15H,2-9H2,1H3,(H,12,13). The fourth-order valence-corrected chi connectivity index (χ4v) is 1.95. The van der Waals surface area contributed by atoms with Crippen LogP contribution in [0.5, 0.6) is 0 Å². The molecule has 0 radical (unpaired) electrons. The van der Waals surface area contributed by atoms with E-state index in [2.05, 4.69) is 17.9 Å². The molecule has 0 bridgehead atoms. The first kappa shape index (κ1) is 12.8.